The van der Waals surface area contributed by atoms with Crippen molar-refractivity contribution in [3.63, 3.8) is 0 Å². The molecule has 0 heterocycles. The molecule has 1 amide bonds. The van der Waals surface area contributed by atoms with Gasteiger partial charge >= 0.3 is 0 Å². The summed E-state index contributed by atoms with van der Waals surface area (Å²) < 4.78 is 0. The topological polar surface area (TPSA) is 41.1 Å². The van der Waals surface area contributed by atoms with Gasteiger partial charge in [0.2, 0.25) is 5.91 Å². The Kier molecular flexibility index (Phi) is 6.98. The predicted octanol–water partition coefficient (Wildman–Crippen LogP) is 3.16. The number of hydrogen-bond donors (Lipinski definition) is 2. The molecule has 0 radical (unpaired) electrons. The maximum Gasteiger partial charge on any atom is 0.233 e. The van der Waals surface area contributed by atoms with Crippen molar-refractivity contribution in [3.8, 4) is 0 Å². The fourth-order valence-electron chi connectivity index (χ4n) is 2.20. The first kappa shape index (κ1) is 18.3. The van der Waals surface area contributed by atoms with Crippen LogP contribution in [0.25, 0.3) is 0 Å². The molecule has 0 saturated heterocycles. The van der Waals surface area contributed by atoms with Gasteiger partial charge in [-0.05, 0) is 36.9 Å². The van der Waals surface area contributed by atoms with Gasteiger partial charge in [0.25, 0.3) is 0 Å². The second kappa shape index (κ2) is 8.02. The maximum absolute atomic E-state index is 11.8. The summed E-state index contributed by atoms with van der Waals surface area (Å²) in [6.45, 7) is 6.12. The Hall–Kier alpha value is -0.770. The van der Waals surface area contributed by atoms with Crippen molar-refractivity contribution in [2.24, 2.45) is 5.92 Å². The second-order valence-electron chi connectivity index (χ2n) is 6.21. The molecule has 1 aromatic carbocycles. The second-order valence-corrected chi connectivity index (χ2v) is 6.62. The van der Waals surface area contributed by atoms with Gasteiger partial charge in [0, 0.05) is 17.0 Å². The number of carbonyl (C=O) groups excluding carboxylic acids is 1. The van der Waals surface area contributed by atoms with Gasteiger partial charge in [0.15, 0.2) is 0 Å². The normalized spacial score (nSPS) is 14.4. The van der Waals surface area contributed by atoms with Gasteiger partial charge in [0.1, 0.15) is 0 Å². The molecule has 0 spiro atoms. The lowest BCUT2D eigenvalue weighted by Crippen LogP contribution is -2.41. The Labute approximate surface area is 138 Å². The fraction of sp³-hybridized carbons (Fsp3) is 0.562. The zero-order chi connectivity index (χ0) is 14.6. The Bertz CT molecular complexity index is 473. The van der Waals surface area contributed by atoms with Gasteiger partial charge < -0.3 is 10.6 Å². The van der Waals surface area contributed by atoms with Crippen LogP contribution in [0.1, 0.15) is 32.3 Å². The quantitative estimate of drug-likeness (QED) is 0.806. The minimum absolute atomic E-state index is 0. The van der Waals surface area contributed by atoms with E-state index in [9.17, 15) is 4.79 Å². The Morgan fingerprint density at radius 3 is 2.62 bits per heavy atom. The van der Waals surface area contributed by atoms with E-state index in [1.807, 2.05) is 24.3 Å². The number of rotatable bonds is 7. The highest BCUT2D eigenvalue weighted by Crippen LogP contribution is 2.29. The lowest BCUT2D eigenvalue weighted by Gasteiger charge is -2.26. The summed E-state index contributed by atoms with van der Waals surface area (Å²) in [5.41, 5.74) is 0.887. The average Bonchev–Trinajstić information content (AvgIpc) is 3.21. The van der Waals surface area contributed by atoms with Crippen LogP contribution in [0.15, 0.2) is 24.3 Å². The monoisotopic (exact) mass is 330 g/mol. The summed E-state index contributed by atoms with van der Waals surface area (Å²) >= 11 is 6.22. The summed E-state index contributed by atoms with van der Waals surface area (Å²) in [5.74, 6) is 0.841. The van der Waals surface area contributed by atoms with Crippen LogP contribution in [0.5, 0.6) is 0 Å². The Morgan fingerprint density at radius 1 is 1.33 bits per heavy atom. The summed E-state index contributed by atoms with van der Waals surface area (Å²) in [5, 5.41) is 6.93. The van der Waals surface area contributed by atoms with E-state index in [0.29, 0.717) is 13.1 Å². The Balaban J connectivity index is 0.00000220. The van der Waals surface area contributed by atoms with Crippen LogP contribution < -0.4 is 10.6 Å². The Morgan fingerprint density at radius 2 is 2.00 bits per heavy atom. The van der Waals surface area contributed by atoms with E-state index in [1.165, 1.54) is 12.8 Å². The molecule has 3 nitrogen and oxygen atoms in total. The molecule has 0 atom stereocenters. The van der Waals surface area contributed by atoms with Crippen LogP contribution in [-0.2, 0) is 10.2 Å². The van der Waals surface area contributed by atoms with Crippen molar-refractivity contribution in [3.05, 3.63) is 34.9 Å². The lowest BCUT2D eigenvalue weighted by atomic mass is 9.84. The van der Waals surface area contributed by atoms with Crippen molar-refractivity contribution in [1.82, 2.24) is 10.6 Å². The first-order valence-corrected chi connectivity index (χ1v) is 7.59. The van der Waals surface area contributed by atoms with Crippen LogP contribution in [0, 0.1) is 5.92 Å². The third kappa shape index (κ3) is 5.85. The molecule has 2 rings (SSSR count). The smallest absolute Gasteiger partial charge is 0.233 e. The standard InChI is InChI=1S/C16H23ClN2O.ClH/c1-16(2,13-5-3-4-6-14(13)17)11-19-15(20)10-18-9-12-7-8-12;/h3-6,12,18H,7-11H2,1-2H3,(H,19,20);1H. The number of halogens is 2. The van der Waals surface area contributed by atoms with Crippen LogP contribution in [0.3, 0.4) is 0 Å². The third-order valence-electron chi connectivity index (χ3n) is 3.75. The molecule has 0 bridgehead atoms. The molecule has 118 valence electrons. The van der Waals surface area contributed by atoms with Crippen LogP contribution in [-0.4, -0.2) is 25.5 Å². The van der Waals surface area contributed by atoms with E-state index >= 15 is 0 Å². The van der Waals surface area contributed by atoms with E-state index in [-0.39, 0.29) is 23.7 Å². The minimum atomic E-state index is -0.176. The van der Waals surface area contributed by atoms with Crippen molar-refractivity contribution >= 4 is 29.9 Å². The van der Waals surface area contributed by atoms with E-state index < -0.39 is 0 Å². The van der Waals surface area contributed by atoms with Crippen molar-refractivity contribution in [2.45, 2.75) is 32.1 Å². The fourth-order valence-corrected chi connectivity index (χ4v) is 2.59. The van der Waals surface area contributed by atoms with Crippen molar-refractivity contribution < 1.29 is 4.79 Å². The van der Waals surface area contributed by atoms with E-state index in [2.05, 4.69) is 24.5 Å². The SMILES string of the molecule is CC(C)(CNC(=O)CNCC1CC1)c1ccccc1Cl.Cl. The highest BCUT2D eigenvalue weighted by Gasteiger charge is 2.24. The van der Waals surface area contributed by atoms with E-state index in [0.717, 1.165) is 23.0 Å². The van der Waals surface area contributed by atoms with Gasteiger partial charge in [-0.3, -0.25) is 4.79 Å². The molecule has 0 aliphatic heterocycles. The largest absolute Gasteiger partial charge is 0.354 e. The summed E-state index contributed by atoms with van der Waals surface area (Å²) in [6, 6.07) is 7.79. The molecule has 1 aliphatic carbocycles. The highest BCUT2D eigenvalue weighted by molar-refractivity contribution is 6.31. The number of amides is 1. The number of nitrogens with one attached hydrogen (secondary N) is 2. The number of hydrogen-bond acceptors (Lipinski definition) is 2. The van der Waals surface area contributed by atoms with Crippen LogP contribution in [0.4, 0.5) is 0 Å². The molecule has 1 saturated carbocycles. The molecule has 21 heavy (non-hydrogen) atoms. The molecule has 0 unspecified atom stereocenters. The maximum atomic E-state index is 11.8. The van der Waals surface area contributed by atoms with Crippen LogP contribution >= 0.6 is 24.0 Å². The lowest BCUT2D eigenvalue weighted by molar-refractivity contribution is -0.120. The van der Waals surface area contributed by atoms with Crippen molar-refractivity contribution in [2.75, 3.05) is 19.6 Å². The van der Waals surface area contributed by atoms with Gasteiger partial charge in [-0.15, -0.1) is 12.4 Å². The predicted molar refractivity (Wildman–Crippen MR) is 90.3 cm³/mol. The molecule has 2 N–H and O–H groups in total. The van der Waals surface area contributed by atoms with E-state index in [1.54, 1.807) is 0 Å². The molecule has 1 fully saturated rings. The van der Waals surface area contributed by atoms with E-state index in [4.69, 9.17) is 11.6 Å². The number of benzene rings is 1. The van der Waals surface area contributed by atoms with Gasteiger partial charge in [-0.2, -0.15) is 0 Å². The first-order valence-electron chi connectivity index (χ1n) is 7.21. The van der Waals surface area contributed by atoms with Gasteiger partial charge in [0.05, 0.1) is 6.54 Å². The zero-order valence-corrected chi connectivity index (χ0v) is 14.2. The summed E-state index contributed by atoms with van der Waals surface area (Å²) in [4.78, 5) is 11.8. The average molecular weight is 331 g/mol. The molecule has 1 aliphatic rings. The van der Waals surface area contributed by atoms with Gasteiger partial charge in [-0.25, -0.2) is 0 Å². The first-order chi connectivity index (χ1) is 9.49. The number of carbonyl (C=O) groups is 1. The molecule has 5 heteroatoms. The summed E-state index contributed by atoms with van der Waals surface area (Å²) in [6.07, 6.45) is 2.60. The molecular weight excluding hydrogens is 307 g/mol. The highest BCUT2D eigenvalue weighted by atomic mass is 35.5. The van der Waals surface area contributed by atoms with Gasteiger partial charge in [-0.1, -0.05) is 43.6 Å². The van der Waals surface area contributed by atoms with Crippen molar-refractivity contribution in [1.29, 1.82) is 0 Å². The molecule has 1 aromatic rings. The zero-order valence-electron chi connectivity index (χ0n) is 12.6. The minimum Gasteiger partial charge on any atom is -0.354 e. The van der Waals surface area contributed by atoms with Crippen LogP contribution in [0.2, 0.25) is 5.02 Å². The molecule has 0 aromatic heterocycles. The third-order valence-corrected chi connectivity index (χ3v) is 4.08. The summed E-state index contributed by atoms with van der Waals surface area (Å²) in [7, 11) is 0. The molecular formula is C16H24Cl2N2O.